The number of urea groups is 2. The van der Waals surface area contributed by atoms with Gasteiger partial charge in [0.05, 0.1) is 44.6 Å². The largest absolute Gasteiger partial charge is 0.457 e. The molecule has 6 aromatic carbocycles. The highest BCUT2D eigenvalue weighted by Gasteiger charge is 2.32. The fourth-order valence-electron chi connectivity index (χ4n) is 8.73. The molecule has 8 N–H and O–H groups in total. The zero-order valence-electron chi connectivity index (χ0n) is 45.2. The molecule has 10 rings (SSSR count). The minimum Gasteiger partial charge on any atom is -0.457 e. The topological polar surface area (TPSA) is 195 Å². The van der Waals surface area contributed by atoms with Crippen LogP contribution in [0, 0.1) is 11.6 Å². The first-order chi connectivity index (χ1) is 39.2. The molecule has 2 aliphatic rings. The number of likely N-dealkylation sites (N-methyl/N-ethyl adjacent to an activating group) is 2. The van der Waals surface area contributed by atoms with Crippen LogP contribution in [0.15, 0.2) is 121 Å². The fourth-order valence-corrected chi connectivity index (χ4v) is 8.73. The number of aromatic amines is 2. The Hall–Kier alpha value is -8.14. The van der Waals surface area contributed by atoms with Gasteiger partial charge in [-0.15, -0.1) is 24.8 Å². The number of hydrogen-bond donors (Lipinski definition) is 8. The van der Waals surface area contributed by atoms with Crippen molar-refractivity contribution in [3.8, 4) is 23.0 Å². The number of hydrogen-bond acceptors (Lipinski definition) is 12. The smallest absolute Gasteiger partial charge is 0.416 e. The quantitative estimate of drug-likeness (QED) is 0.0427. The van der Waals surface area contributed by atoms with E-state index in [1.165, 1.54) is 0 Å². The van der Waals surface area contributed by atoms with E-state index in [9.17, 15) is 44.7 Å². The molecule has 4 heterocycles. The lowest BCUT2D eigenvalue weighted by atomic mass is 10.2. The summed E-state index contributed by atoms with van der Waals surface area (Å²) >= 11 is 0. The van der Waals surface area contributed by atoms with Crippen molar-refractivity contribution in [1.29, 1.82) is 0 Å². The van der Waals surface area contributed by atoms with Gasteiger partial charge in [-0.2, -0.15) is 26.3 Å². The van der Waals surface area contributed by atoms with Crippen LogP contribution in [-0.2, 0) is 12.4 Å². The molecule has 2 fully saturated rings. The van der Waals surface area contributed by atoms with Crippen LogP contribution in [0.1, 0.15) is 11.1 Å². The maximum Gasteiger partial charge on any atom is 0.416 e. The number of rotatable bonds is 16. The number of nitrogens with zero attached hydrogens (tertiary/aromatic N) is 6. The second kappa shape index (κ2) is 28.4. The Balaban J connectivity index is 0.000000235. The van der Waals surface area contributed by atoms with Crippen molar-refractivity contribution in [2.45, 2.75) is 12.4 Å². The lowest BCUT2D eigenvalue weighted by Gasteiger charge is -2.32. The number of alkyl halides is 6. The van der Waals surface area contributed by atoms with Gasteiger partial charge in [0.15, 0.2) is 0 Å². The van der Waals surface area contributed by atoms with Crippen molar-refractivity contribution in [3.05, 3.63) is 144 Å². The van der Waals surface area contributed by atoms with Crippen molar-refractivity contribution in [2.24, 2.45) is 0 Å². The third kappa shape index (κ3) is 17.9. The summed E-state index contributed by atoms with van der Waals surface area (Å²) in [7, 11) is 4.27. The first-order valence-corrected chi connectivity index (χ1v) is 26.0. The Kier molecular flexibility index (Phi) is 21.5. The highest BCUT2D eigenvalue weighted by molar-refractivity contribution is 6.00. The third-order valence-electron chi connectivity index (χ3n) is 13.3. The van der Waals surface area contributed by atoms with Crippen LogP contribution in [0.2, 0.25) is 0 Å². The number of carbonyl (C=O) groups is 2. The van der Waals surface area contributed by atoms with Gasteiger partial charge in [-0.25, -0.2) is 28.3 Å². The van der Waals surface area contributed by atoms with E-state index in [0.717, 1.165) is 101 Å². The minimum atomic E-state index is -4.66. The first kappa shape index (κ1) is 63.4. The summed E-state index contributed by atoms with van der Waals surface area (Å²) in [6.45, 7) is 12.0. The van der Waals surface area contributed by atoms with Crippen LogP contribution >= 0.6 is 24.8 Å². The zero-order chi connectivity index (χ0) is 58.0. The molecule has 0 saturated carbocycles. The van der Waals surface area contributed by atoms with Crippen molar-refractivity contribution in [3.63, 3.8) is 0 Å². The average Bonchev–Trinajstić information content (AvgIpc) is 4.16. The number of anilines is 6. The molecule has 0 unspecified atom stereocenters. The predicted molar refractivity (Wildman–Crippen MR) is 313 cm³/mol. The van der Waals surface area contributed by atoms with Gasteiger partial charge >= 0.3 is 24.4 Å². The molecular formula is C56H60Cl2F8N14O4. The molecule has 0 bridgehead atoms. The average molecular weight is 1220 g/mol. The molecule has 0 radical (unpaired) electrons. The summed E-state index contributed by atoms with van der Waals surface area (Å²) in [5.74, 6) is 1.52. The van der Waals surface area contributed by atoms with Crippen LogP contribution in [0.25, 0.3) is 22.1 Å². The molecule has 2 aliphatic heterocycles. The third-order valence-corrected chi connectivity index (χ3v) is 13.3. The van der Waals surface area contributed by atoms with E-state index in [1.807, 2.05) is 24.3 Å². The van der Waals surface area contributed by atoms with E-state index >= 15 is 0 Å². The SMILES string of the molecule is CN1CCN(CCNc2nc3ccc(Oc4ccc(NC(=O)Nc5cc(C(F)(F)F)ccc5F)cc4)cc3[nH]2)CC1.CN1CCN(CCNc2nc3ccc(Oc4ccc(NC(=O)Nc5cc(C(F)(F)F)ccc5F)cc4)cc3[nH]2)CC1.Cl.Cl. The fraction of sp³-hybridized carbons (Fsp3) is 0.286. The molecule has 4 amide bonds. The van der Waals surface area contributed by atoms with E-state index < -0.39 is 58.6 Å². The zero-order valence-corrected chi connectivity index (χ0v) is 46.8. The second-order valence-electron chi connectivity index (χ2n) is 19.5. The number of benzene rings is 6. The van der Waals surface area contributed by atoms with Crippen LogP contribution in [-0.4, -0.2) is 144 Å². The van der Waals surface area contributed by atoms with Crippen molar-refractivity contribution in [1.82, 2.24) is 39.5 Å². The van der Waals surface area contributed by atoms with Crippen molar-refractivity contribution < 1.29 is 54.2 Å². The number of amides is 4. The van der Waals surface area contributed by atoms with Crippen molar-refractivity contribution >= 4 is 93.6 Å². The molecule has 18 nitrogen and oxygen atoms in total. The molecule has 84 heavy (non-hydrogen) atoms. The molecule has 2 saturated heterocycles. The molecule has 2 aromatic heterocycles. The van der Waals surface area contributed by atoms with Gasteiger partial charge in [0, 0.05) is 102 Å². The molecule has 0 atom stereocenters. The Morgan fingerprint density at radius 3 is 1.20 bits per heavy atom. The Morgan fingerprint density at radius 1 is 0.488 bits per heavy atom. The summed E-state index contributed by atoms with van der Waals surface area (Å²) in [4.78, 5) is 49.6. The van der Waals surface area contributed by atoms with Crippen LogP contribution in [0.4, 0.5) is 79.4 Å². The number of fused-ring (bicyclic) bond motifs is 2. The van der Waals surface area contributed by atoms with Crippen LogP contribution < -0.4 is 41.4 Å². The molecule has 8 aromatic rings. The lowest BCUT2D eigenvalue weighted by Crippen LogP contribution is -2.45. The summed E-state index contributed by atoms with van der Waals surface area (Å²) in [6, 6.07) is 25.4. The van der Waals surface area contributed by atoms with Gasteiger partial charge in [-0.05, 0) is 123 Å². The Morgan fingerprint density at radius 2 is 0.845 bits per heavy atom. The predicted octanol–water partition coefficient (Wildman–Crippen LogP) is 12.5. The van der Waals surface area contributed by atoms with E-state index in [-0.39, 0.29) is 24.8 Å². The monoisotopic (exact) mass is 1210 g/mol. The van der Waals surface area contributed by atoms with Gasteiger partial charge in [-0.3, -0.25) is 9.80 Å². The molecular weight excluding hydrogens is 1160 g/mol. The van der Waals surface area contributed by atoms with Crippen LogP contribution in [0.3, 0.4) is 0 Å². The molecule has 448 valence electrons. The summed E-state index contributed by atoms with van der Waals surface area (Å²) in [5, 5.41) is 15.8. The van der Waals surface area contributed by atoms with E-state index in [4.69, 9.17) is 9.47 Å². The maximum atomic E-state index is 13.9. The summed E-state index contributed by atoms with van der Waals surface area (Å²) in [5.41, 5.74) is 0.555. The van der Waals surface area contributed by atoms with Gasteiger partial charge in [0.2, 0.25) is 11.9 Å². The van der Waals surface area contributed by atoms with Gasteiger partial charge in [-0.1, -0.05) is 0 Å². The number of H-pyrrole nitrogens is 2. The highest BCUT2D eigenvalue weighted by Crippen LogP contribution is 2.34. The van der Waals surface area contributed by atoms with E-state index in [0.29, 0.717) is 82.7 Å². The Bertz CT molecular complexity index is 3240. The van der Waals surface area contributed by atoms with Crippen molar-refractivity contribution in [2.75, 3.05) is 125 Å². The molecule has 28 heteroatoms. The first-order valence-electron chi connectivity index (χ1n) is 26.0. The molecule has 0 spiro atoms. The summed E-state index contributed by atoms with van der Waals surface area (Å²) < 4.78 is 117. The number of ether oxygens (including phenoxy) is 2. The normalized spacial score (nSPS) is 14.3. The maximum absolute atomic E-state index is 13.9. The standard InChI is InChI=1S/2C28H29F4N7O2.2ClH/c2*1-38-12-14-39(15-13-38)11-10-33-26-35-23-9-7-21(17-25(23)36-26)41-20-5-3-19(4-6-20)34-27(40)37-24-16-18(28(30,31)32)2-8-22(24)29;;/h2*2-9,16-17H,10-15H2,1H3,(H2,33,35,36)(H2,34,37,40);2*1H. The number of halogens is 10. The lowest BCUT2D eigenvalue weighted by molar-refractivity contribution is -0.138. The van der Waals surface area contributed by atoms with Gasteiger partial charge < -0.3 is 61.1 Å². The molecule has 0 aliphatic carbocycles. The minimum absolute atomic E-state index is 0. The number of aromatic nitrogens is 4. The highest BCUT2D eigenvalue weighted by atomic mass is 35.5. The van der Waals surface area contributed by atoms with E-state index in [1.54, 1.807) is 60.7 Å². The number of imidazole rings is 2. The number of piperazine rings is 2. The van der Waals surface area contributed by atoms with E-state index in [2.05, 4.69) is 85.5 Å². The second-order valence-corrected chi connectivity index (χ2v) is 19.5. The number of nitrogens with one attached hydrogen (secondary N) is 8. The van der Waals surface area contributed by atoms with Gasteiger partial charge in [0.1, 0.15) is 34.6 Å². The number of carbonyl (C=O) groups excluding carboxylic acids is 2. The van der Waals surface area contributed by atoms with Crippen LogP contribution in [0.5, 0.6) is 23.0 Å². The summed E-state index contributed by atoms with van der Waals surface area (Å²) in [6.07, 6.45) is -9.33. The van der Waals surface area contributed by atoms with Gasteiger partial charge in [0.25, 0.3) is 0 Å². The Labute approximate surface area is 489 Å².